The number of aliphatic imine (C=N–C) groups is 4. The molecule has 8 aromatic rings. The minimum absolute atomic E-state index is 0.111. The summed E-state index contributed by atoms with van der Waals surface area (Å²) in [6.07, 6.45) is 13.1. The number of rotatable bonds is 3. The lowest BCUT2D eigenvalue weighted by Crippen LogP contribution is -2.35. The van der Waals surface area contributed by atoms with Gasteiger partial charge in [-0.1, -0.05) is 172 Å². The number of aromatic nitrogens is 1. The van der Waals surface area contributed by atoms with Crippen molar-refractivity contribution in [2.45, 2.75) is 34.6 Å². The van der Waals surface area contributed by atoms with Crippen LogP contribution in [0.3, 0.4) is 0 Å². The molecule has 1 aliphatic carbocycles. The van der Waals surface area contributed by atoms with E-state index in [1.807, 2.05) is 33.9 Å². The maximum Gasteiger partial charge on any atom is 0.157 e. The number of aryl methyl sites for hydroxylation is 1. The Hall–Kier alpha value is -8.22. The van der Waals surface area contributed by atoms with Gasteiger partial charge in [0.1, 0.15) is 17.5 Å². The molecule has 6 heteroatoms. The zero-order valence-corrected chi connectivity index (χ0v) is 41.0. The second-order valence-electron chi connectivity index (χ2n) is 18.4. The Morgan fingerprint density at radius 3 is 1.91 bits per heavy atom. The number of allylic oxidation sites excluding steroid dienone is 3. The monoisotopic (exact) mass is 908 g/mol. The molecule has 0 N–H and O–H groups in total. The van der Waals surface area contributed by atoms with Crippen LogP contribution in [-0.4, -0.2) is 46.3 Å². The Kier molecular flexibility index (Phi) is 11.4. The Balaban J connectivity index is 0.00000263. The number of amidine groups is 3. The van der Waals surface area contributed by atoms with Crippen molar-refractivity contribution in [3.05, 3.63) is 219 Å². The van der Waals surface area contributed by atoms with Gasteiger partial charge in [0.05, 0.1) is 17.9 Å². The van der Waals surface area contributed by atoms with Crippen LogP contribution in [0.2, 0.25) is 0 Å². The van der Waals surface area contributed by atoms with Crippen molar-refractivity contribution in [1.29, 1.82) is 0 Å². The molecule has 0 saturated carbocycles. The van der Waals surface area contributed by atoms with Gasteiger partial charge in [0.2, 0.25) is 0 Å². The zero-order valence-electron chi connectivity index (χ0n) is 41.0. The standard InChI is InChI=1S/C62H50N6.C2H6/c1-7-8-9-18-40-26-27-48-52(29-40)59(63-5)66-62-55-35-46-24-15-14-23-45(46)34-54(55)61-65-39(4)50-31-42-20-11-10-19-41(42)30-49(50)38(3)64-60-53-33-44-22-13-12-21-43(44)32-51(53)58(67(60)6)57(56(48)36-68(61)62)47-25-16-17-37(2)28-47;1-2/h7-35,54-55H,4,36H2,1-3,5-6H3;1-2H3/b8-7-,18-9-,57-56+,63-59?,64-38+,65-61?,66-62?;. The Morgan fingerprint density at radius 1 is 0.629 bits per heavy atom. The van der Waals surface area contributed by atoms with E-state index in [-0.39, 0.29) is 11.8 Å². The molecule has 7 aromatic carbocycles. The molecule has 2 atom stereocenters. The summed E-state index contributed by atoms with van der Waals surface area (Å²) in [5.74, 6) is 3.15. The van der Waals surface area contributed by atoms with Crippen LogP contribution in [0.5, 0.6) is 0 Å². The third-order valence-corrected chi connectivity index (χ3v) is 14.2. The zero-order chi connectivity index (χ0) is 48.2. The molecule has 4 bridgehead atoms. The topological polar surface area (TPSA) is 57.6 Å². The summed E-state index contributed by atoms with van der Waals surface area (Å²) in [7, 11) is 4.06. The fourth-order valence-electron chi connectivity index (χ4n) is 11.0. The van der Waals surface area contributed by atoms with Gasteiger partial charge in [0.15, 0.2) is 5.84 Å². The summed E-state index contributed by atoms with van der Waals surface area (Å²) < 4.78 is 2.34. The SMILES string of the molecule is C=C1N=C2C3C=c4ccccc4=CC3C3=NC(=NC)c4cc(/C=C\C=C/C)ccc4/C(=C(\c4cccc(C)c4)c4c5cc6ccccc6cc5c(n4C)/N=C(\C)c4cc5ccccc5cc41)CN23.CC. The van der Waals surface area contributed by atoms with Gasteiger partial charge in [0.25, 0.3) is 0 Å². The predicted octanol–water partition coefficient (Wildman–Crippen LogP) is 13.5. The molecule has 342 valence electrons. The highest BCUT2D eigenvalue weighted by Crippen LogP contribution is 2.46. The highest BCUT2D eigenvalue weighted by molar-refractivity contribution is 6.24. The van der Waals surface area contributed by atoms with Gasteiger partial charge >= 0.3 is 0 Å². The number of benzene rings is 7. The van der Waals surface area contributed by atoms with E-state index >= 15 is 0 Å². The Morgan fingerprint density at radius 2 is 1.26 bits per heavy atom. The van der Waals surface area contributed by atoms with Crippen LogP contribution >= 0.6 is 0 Å². The minimum atomic E-state index is -0.122. The van der Waals surface area contributed by atoms with Gasteiger partial charge in [-0.15, -0.1) is 0 Å². The van der Waals surface area contributed by atoms with E-state index in [4.69, 9.17) is 26.5 Å². The number of hydrogen-bond donors (Lipinski definition) is 0. The fraction of sp³-hybridized carbons (Fsp3) is 0.156. The molecule has 3 aliphatic heterocycles. The van der Waals surface area contributed by atoms with Crippen LogP contribution in [0.1, 0.15) is 72.3 Å². The molecule has 4 aliphatic rings. The lowest BCUT2D eigenvalue weighted by molar-refractivity contribution is 0.694. The predicted molar refractivity (Wildman–Crippen MR) is 300 cm³/mol. The Labute approximate surface area is 410 Å². The highest BCUT2D eigenvalue weighted by atomic mass is 15.3. The van der Waals surface area contributed by atoms with Crippen molar-refractivity contribution in [3.8, 4) is 0 Å². The van der Waals surface area contributed by atoms with Crippen LogP contribution < -0.4 is 10.4 Å². The molecule has 4 heterocycles. The normalized spacial score (nSPS) is 19.7. The van der Waals surface area contributed by atoms with E-state index < -0.39 is 0 Å². The van der Waals surface area contributed by atoms with Crippen molar-refractivity contribution in [1.82, 2.24) is 9.47 Å². The van der Waals surface area contributed by atoms with Gasteiger partial charge in [-0.3, -0.25) is 4.99 Å². The first-order valence-corrected chi connectivity index (χ1v) is 24.5. The van der Waals surface area contributed by atoms with Gasteiger partial charge < -0.3 is 9.47 Å². The van der Waals surface area contributed by atoms with Crippen molar-refractivity contribution >= 4 is 96.4 Å². The number of nitrogens with zero attached hydrogens (tertiary/aromatic N) is 6. The lowest BCUT2D eigenvalue weighted by Gasteiger charge is -2.29. The van der Waals surface area contributed by atoms with Crippen LogP contribution in [0.4, 0.5) is 5.82 Å². The van der Waals surface area contributed by atoms with Gasteiger partial charge in [-0.05, 0) is 105 Å². The summed E-state index contributed by atoms with van der Waals surface area (Å²) in [6, 6.07) is 50.8. The van der Waals surface area contributed by atoms with Crippen molar-refractivity contribution in [2.24, 2.45) is 38.9 Å². The lowest BCUT2D eigenvalue weighted by atomic mass is 9.86. The quantitative estimate of drug-likeness (QED) is 0.163. The summed E-state index contributed by atoms with van der Waals surface area (Å²) in [6.45, 7) is 15.7. The molecule has 70 heavy (non-hydrogen) atoms. The first-order chi connectivity index (χ1) is 34.3. The fourth-order valence-corrected chi connectivity index (χ4v) is 11.0. The smallest absolute Gasteiger partial charge is 0.157 e. The maximum absolute atomic E-state index is 5.74. The van der Waals surface area contributed by atoms with Crippen LogP contribution in [0, 0.1) is 18.8 Å². The van der Waals surface area contributed by atoms with E-state index in [0.29, 0.717) is 18.1 Å². The molecule has 0 amide bonds. The molecule has 0 radical (unpaired) electrons. The summed E-state index contributed by atoms with van der Waals surface area (Å²) in [5, 5.41) is 9.19. The third-order valence-electron chi connectivity index (χ3n) is 14.2. The van der Waals surface area contributed by atoms with Crippen molar-refractivity contribution < 1.29 is 0 Å². The molecular weight excluding hydrogens is 853 g/mol. The molecule has 6 nitrogen and oxygen atoms in total. The minimum Gasteiger partial charge on any atom is -0.328 e. The molecule has 12 rings (SSSR count). The highest BCUT2D eigenvalue weighted by Gasteiger charge is 2.45. The average molecular weight is 909 g/mol. The summed E-state index contributed by atoms with van der Waals surface area (Å²) in [4.78, 5) is 24.6. The van der Waals surface area contributed by atoms with E-state index in [2.05, 4.69) is 200 Å². The largest absolute Gasteiger partial charge is 0.328 e. The second-order valence-corrected chi connectivity index (χ2v) is 18.4. The van der Waals surface area contributed by atoms with Crippen LogP contribution in [0.25, 0.3) is 67.4 Å². The van der Waals surface area contributed by atoms with E-state index in [1.165, 1.54) is 26.8 Å². The first kappa shape index (κ1) is 44.3. The molecule has 1 saturated heterocycles. The van der Waals surface area contributed by atoms with Crippen LogP contribution in [-0.2, 0) is 7.05 Å². The van der Waals surface area contributed by atoms with Crippen molar-refractivity contribution in [2.75, 3.05) is 13.6 Å². The van der Waals surface area contributed by atoms with Gasteiger partial charge in [-0.2, -0.15) is 0 Å². The molecule has 0 spiro atoms. The van der Waals surface area contributed by atoms with E-state index in [9.17, 15) is 0 Å². The molecule has 1 aromatic heterocycles. The average Bonchev–Trinajstić information content (AvgIpc) is 3.79. The summed E-state index contributed by atoms with van der Waals surface area (Å²) >= 11 is 0. The Bertz CT molecular complexity index is 3860. The van der Waals surface area contributed by atoms with Crippen molar-refractivity contribution in [3.63, 3.8) is 0 Å². The second kappa shape index (κ2) is 18.0. The van der Waals surface area contributed by atoms with E-state index in [1.54, 1.807) is 0 Å². The summed E-state index contributed by atoms with van der Waals surface area (Å²) in [5.41, 5.74) is 12.3. The van der Waals surface area contributed by atoms with Gasteiger partial charge in [0, 0.05) is 64.7 Å². The molecule has 2 unspecified atom stereocenters. The molecule has 1 fully saturated rings. The van der Waals surface area contributed by atoms with E-state index in [0.717, 1.165) is 95.0 Å². The number of fused-ring (bicyclic) bond motifs is 15. The maximum atomic E-state index is 5.74. The van der Waals surface area contributed by atoms with Gasteiger partial charge in [-0.25, -0.2) is 15.0 Å². The van der Waals surface area contributed by atoms with Crippen LogP contribution in [0.15, 0.2) is 184 Å². The number of hydrogen-bond acceptors (Lipinski definition) is 4. The molecular formula is C64H56N6. The third kappa shape index (κ3) is 7.43. The first-order valence-electron chi connectivity index (χ1n) is 24.5.